The van der Waals surface area contributed by atoms with Crippen LogP contribution in [0.5, 0.6) is 0 Å². The van der Waals surface area contributed by atoms with E-state index in [4.69, 9.17) is 0 Å². The van der Waals surface area contributed by atoms with Crippen molar-refractivity contribution in [2.45, 2.75) is 37.6 Å². The summed E-state index contributed by atoms with van der Waals surface area (Å²) in [7, 11) is 0. The molecule has 1 fully saturated rings. The Hall–Kier alpha value is -1.98. The Balaban J connectivity index is 2.20. The highest BCUT2D eigenvalue weighted by molar-refractivity contribution is 5.97. The molecule has 19 heavy (non-hydrogen) atoms. The summed E-state index contributed by atoms with van der Waals surface area (Å²) in [6, 6.07) is 2.72. The van der Waals surface area contributed by atoms with E-state index in [0.717, 1.165) is 19.3 Å². The Morgan fingerprint density at radius 1 is 1.32 bits per heavy atom. The highest BCUT2D eigenvalue weighted by atomic mass is 19.1. The number of carbonyl (C=O) groups is 2. The van der Waals surface area contributed by atoms with Crippen molar-refractivity contribution in [3.8, 4) is 0 Å². The molecule has 0 aromatic carbocycles. The first-order valence-corrected chi connectivity index (χ1v) is 6.22. The van der Waals surface area contributed by atoms with Crippen LogP contribution in [0.1, 0.15) is 42.5 Å². The van der Waals surface area contributed by atoms with Crippen molar-refractivity contribution in [2.24, 2.45) is 0 Å². The Morgan fingerprint density at radius 2 is 2.00 bits per heavy atom. The number of carboxylic acids is 1. The van der Waals surface area contributed by atoms with Crippen molar-refractivity contribution >= 4 is 11.9 Å². The molecule has 1 aromatic rings. The van der Waals surface area contributed by atoms with Crippen LogP contribution in [0, 0.1) is 5.95 Å². The third-order valence-corrected chi connectivity index (χ3v) is 3.47. The Labute approximate surface area is 109 Å². The molecular weight excluding hydrogens is 251 g/mol. The smallest absolute Gasteiger partial charge is 0.329 e. The number of carbonyl (C=O) groups excluding carboxylic acids is 1. The van der Waals surface area contributed by atoms with Crippen molar-refractivity contribution in [2.75, 3.05) is 0 Å². The molecule has 0 atom stereocenters. The van der Waals surface area contributed by atoms with Crippen LogP contribution in [-0.2, 0) is 4.79 Å². The fraction of sp³-hybridized carbons (Fsp3) is 0.462. The van der Waals surface area contributed by atoms with Crippen molar-refractivity contribution < 1.29 is 19.1 Å². The second-order valence-corrected chi connectivity index (χ2v) is 4.74. The number of carboxylic acid groups (broad SMARTS) is 1. The van der Waals surface area contributed by atoms with Crippen LogP contribution in [0.3, 0.4) is 0 Å². The van der Waals surface area contributed by atoms with Crippen LogP contribution in [0.2, 0.25) is 0 Å². The number of hydrogen-bond acceptors (Lipinski definition) is 3. The zero-order valence-corrected chi connectivity index (χ0v) is 10.4. The lowest BCUT2D eigenvalue weighted by atomic mass is 9.81. The minimum Gasteiger partial charge on any atom is -0.480 e. The molecule has 0 unspecified atom stereocenters. The fourth-order valence-corrected chi connectivity index (χ4v) is 2.39. The van der Waals surface area contributed by atoms with E-state index >= 15 is 0 Å². The number of aromatic nitrogens is 1. The molecule has 1 amide bonds. The molecule has 1 aliphatic rings. The van der Waals surface area contributed by atoms with E-state index in [1.54, 1.807) is 0 Å². The molecule has 1 aromatic heterocycles. The Morgan fingerprint density at radius 3 is 2.58 bits per heavy atom. The van der Waals surface area contributed by atoms with E-state index < -0.39 is 23.4 Å². The van der Waals surface area contributed by atoms with Crippen molar-refractivity contribution in [1.29, 1.82) is 0 Å². The summed E-state index contributed by atoms with van der Waals surface area (Å²) >= 11 is 0. The highest BCUT2D eigenvalue weighted by Crippen LogP contribution is 2.29. The molecule has 2 rings (SSSR count). The molecule has 2 N–H and O–H groups in total. The second-order valence-electron chi connectivity index (χ2n) is 4.74. The van der Waals surface area contributed by atoms with E-state index in [9.17, 15) is 19.1 Å². The molecular formula is C13H15FN2O3. The molecule has 0 radical (unpaired) electrons. The lowest BCUT2D eigenvalue weighted by Crippen LogP contribution is -2.55. The minimum atomic E-state index is -1.28. The summed E-state index contributed by atoms with van der Waals surface area (Å²) in [6.45, 7) is 0. The number of aliphatic carboxylic acids is 1. The number of halogens is 1. The van der Waals surface area contributed by atoms with Crippen LogP contribution >= 0.6 is 0 Å². The number of hydrogen-bond donors (Lipinski definition) is 2. The Bertz CT molecular complexity index is 498. The van der Waals surface area contributed by atoms with Gasteiger partial charge in [-0.15, -0.1) is 0 Å². The maximum atomic E-state index is 13.4. The van der Waals surface area contributed by atoms with Gasteiger partial charge in [0.15, 0.2) is 0 Å². The summed E-state index contributed by atoms with van der Waals surface area (Å²) in [6.07, 6.45) is 4.40. The molecule has 1 heterocycles. The van der Waals surface area contributed by atoms with Gasteiger partial charge in [-0.3, -0.25) is 4.79 Å². The highest BCUT2D eigenvalue weighted by Gasteiger charge is 2.41. The predicted octanol–water partition coefficient (Wildman–Crippen LogP) is 1.74. The van der Waals surface area contributed by atoms with Crippen LogP contribution in [-0.4, -0.2) is 27.5 Å². The average Bonchev–Trinajstić information content (AvgIpc) is 2.40. The molecule has 1 aliphatic carbocycles. The molecule has 6 heteroatoms. The molecule has 0 saturated heterocycles. The van der Waals surface area contributed by atoms with Crippen molar-refractivity contribution in [1.82, 2.24) is 10.3 Å². The van der Waals surface area contributed by atoms with Crippen LogP contribution in [0.4, 0.5) is 4.39 Å². The summed E-state index contributed by atoms with van der Waals surface area (Å²) in [5.74, 6) is -2.68. The molecule has 102 valence electrons. The lowest BCUT2D eigenvalue weighted by Gasteiger charge is -2.33. The van der Waals surface area contributed by atoms with Gasteiger partial charge in [0, 0.05) is 6.20 Å². The SMILES string of the molecule is O=C(NC1(C(=O)O)CCCCC1)c1cccnc1F. The second kappa shape index (κ2) is 5.34. The summed E-state index contributed by atoms with van der Waals surface area (Å²) in [4.78, 5) is 26.8. The molecule has 0 aliphatic heterocycles. The molecule has 0 spiro atoms. The van der Waals surface area contributed by atoms with Gasteiger partial charge in [-0.1, -0.05) is 19.3 Å². The topological polar surface area (TPSA) is 79.3 Å². The summed E-state index contributed by atoms with van der Waals surface area (Å²) < 4.78 is 13.4. The van der Waals surface area contributed by atoms with Gasteiger partial charge in [0.05, 0.1) is 5.56 Å². The van der Waals surface area contributed by atoms with Gasteiger partial charge in [0.2, 0.25) is 5.95 Å². The predicted molar refractivity (Wildman–Crippen MR) is 65.1 cm³/mol. The lowest BCUT2D eigenvalue weighted by molar-refractivity contribution is -0.145. The molecule has 1 saturated carbocycles. The number of nitrogens with zero attached hydrogens (tertiary/aromatic N) is 1. The van der Waals surface area contributed by atoms with Gasteiger partial charge in [-0.25, -0.2) is 9.78 Å². The van der Waals surface area contributed by atoms with Gasteiger partial charge >= 0.3 is 5.97 Å². The maximum Gasteiger partial charge on any atom is 0.329 e. The first kappa shape index (κ1) is 13.5. The van der Waals surface area contributed by atoms with Crippen LogP contribution < -0.4 is 5.32 Å². The average molecular weight is 266 g/mol. The molecule has 5 nitrogen and oxygen atoms in total. The number of pyridine rings is 1. The van der Waals surface area contributed by atoms with Gasteiger partial charge in [0.25, 0.3) is 5.91 Å². The van der Waals surface area contributed by atoms with E-state index in [2.05, 4.69) is 10.3 Å². The van der Waals surface area contributed by atoms with Gasteiger partial charge in [-0.2, -0.15) is 4.39 Å². The van der Waals surface area contributed by atoms with Crippen molar-refractivity contribution in [3.05, 3.63) is 29.8 Å². The first-order valence-electron chi connectivity index (χ1n) is 6.22. The van der Waals surface area contributed by atoms with E-state index in [0.29, 0.717) is 12.8 Å². The monoisotopic (exact) mass is 266 g/mol. The number of amides is 1. The van der Waals surface area contributed by atoms with Gasteiger partial charge in [0.1, 0.15) is 5.54 Å². The zero-order valence-electron chi connectivity index (χ0n) is 10.4. The summed E-state index contributed by atoms with van der Waals surface area (Å²) in [5.41, 5.74) is -1.51. The summed E-state index contributed by atoms with van der Waals surface area (Å²) in [5, 5.41) is 11.8. The fourth-order valence-electron chi connectivity index (χ4n) is 2.39. The van der Waals surface area contributed by atoms with Gasteiger partial charge in [-0.05, 0) is 25.0 Å². The normalized spacial score (nSPS) is 17.7. The van der Waals surface area contributed by atoms with Gasteiger partial charge < -0.3 is 10.4 Å². The van der Waals surface area contributed by atoms with Crippen LogP contribution in [0.15, 0.2) is 18.3 Å². The first-order chi connectivity index (χ1) is 9.05. The van der Waals surface area contributed by atoms with E-state index in [1.807, 2.05) is 0 Å². The number of nitrogens with one attached hydrogen (secondary N) is 1. The third-order valence-electron chi connectivity index (χ3n) is 3.47. The molecule has 0 bridgehead atoms. The zero-order chi connectivity index (χ0) is 13.9. The third kappa shape index (κ3) is 2.72. The number of rotatable bonds is 3. The Kier molecular flexibility index (Phi) is 3.78. The minimum absolute atomic E-state index is 0.228. The van der Waals surface area contributed by atoms with E-state index in [-0.39, 0.29) is 5.56 Å². The quantitative estimate of drug-likeness (QED) is 0.817. The van der Waals surface area contributed by atoms with Crippen molar-refractivity contribution in [3.63, 3.8) is 0 Å². The van der Waals surface area contributed by atoms with Crippen LogP contribution in [0.25, 0.3) is 0 Å². The largest absolute Gasteiger partial charge is 0.480 e. The van der Waals surface area contributed by atoms with E-state index in [1.165, 1.54) is 18.3 Å². The maximum absolute atomic E-state index is 13.4. The standard InChI is InChI=1S/C13H15FN2O3/c14-10-9(5-4-8-15-10)11(17)16-13(12(18)19)6-2-1-3-7-13/h4-5,8H,1-3,6-7H2,(H,16,17)(H,18,19).